The van der Waals surface area contributed by atoms with Crippen molar-refractivity contribution < 1.29 is 14.4 Å². The number of anilines is 1. The van der Waals surface area contributed by atoms with Gasteiger partial charge in [-0.05, 0) is 36.2 Å². The van der Waals surface area contributed by atoms with Crippen LogP contribution in [-0.2, 0) is 15.1 Å². The Morgan fingerprint density at radius 3 is 2.23 bits per heavy atom. The van der Waals surface area contributed by atoms with E-state index in [2.05, 4.69) is 15.5 Å². The summed E-state index contributed by atoms with van der Waals surface area (Å²) in [5, 5.41) is 5.74. The normalized spacial score (nSPS) is 21.4. The molecule has 0 saturated carbocycles. The summed E-state index contributed by atoms with van der Waals surface area (Å²) in [5.41, 5.74) is 0.549. The summed E-state index contributed by atoms with van der Waals surface area (Å²) in [6, 6.07) is 16.2. The highest BCUT2D eigenvalue weighted by atomic mass is 35.5. The van der Waals surface area contributed by atoms with Crippen LogP contribution in [0.25, 0.3) is 0 Å². The number of nitrogens with one attached hydrogen (secondary N) is 2. The van der Waals surface area contributed by atoms with Crippen molar-refractivity contribution in [3.63, 3.8) is 0 Å². The molecule has 0 aromatic heterocycles. The van der Waals surface area contributed by atoms with Crippen molar-refractivity contribution in [3.05, 3.63) is 65.2 Å². The van der Waals surface area contributed by atoms with Crippen molar-refractivity contribution in [1.29, 1.82) is 0 Å². The van der Waals surface area contributed by atoms with Gasteiger partial charge in [-0.15, -0.1) is 0 Å². The highest BCUT2D eigenvalue weighted by molar-refractivity contribution is 6.30. The number of amides is 4. The van der Waals surface area contributed by atoms with Crippen LogP contribution in [0.2, 0.25) is 5.02 Å². The lowest BCUT2D eigenvalue weighted by Crippen LogP contribution is -2.50. The second kappa shape index (κ2) is 8.36. The van der Waals surface area contributed by atoms with Gasteiger partial charge in [0.05, 0.1) is 0 Å². The second-order valence-electron chi connectivity index (χ2n) is 7.52. The second-order valence-corrected chi connectivity index (χ2v) is 7.96. The molecule has 2 fully saturated rings. The van der Waals surface area contributed by atoms with E-state index >= 15 is 0 Å². The van der Waals surface area contributed by atoms with Gasteiger partial charge in [0.15, 0.2) is 0 Å². The molecular formula is C22H23ClN4O3. The number of hydrogen-bond acceptors (Lipinski definition) is 4. The van der Waals surface area contributed by atoms with E-state index in [-0.39, 0.29) is 18.7 Å². The van der Waals surface area contributed by atoms with Crippen molar-refractivity contribution >= 4 is 35.1 Å². The molecule has 0 spiro atoms. The maximum absolute atomic E-state index is 12.8. The molecule has 156 valence electrons. The molecule has 4 rings (SSSR count). The Morgan fingerprint density at radius 2 is 1.63 bits per heavy atom. The Labute approximate surface area is 180 Å². The number of urea groups is 1. The number of rotatable bonds is 5. The van der Waals surface area contributed by atoms with Crippen LogP contribution in [0.3, 0.4) is 0 Å². The van der Waals surface area contributed by atoms with E-state index in [4.69, 9.17) is 11.6 Å². The minimum Gasteiger partial charge on any atom is -0.368 e. The van der Waals surface area contributed by atoms with Gasteiger partial charge < -0.3 is 15.1 Å². The predicted octanol–water partition coefficient (Wildman–Crippen LogP) is 2.50. The van der Waals surface area contributed by atoms with Crippen LogP contribution in [0.4, 0.5) is 10.5 Å². The molecule has 0 bridgehead atoms. The molecule has 0 unspecified atom stereocenters. The molecular weight excluding hydrogens is 404 g/mol. The lowest BCUT2D eigenvalue weighted by molar-refractivity contribution is -0.132. The maximum Gasteiger partial charge on any atom is 0.322 e. The molecule has 30 heavy (non-hydrogen) atoms. The van der Waals surface area contributed by atoms with Crippen molar-refractivity contribution in [1.82, 2.24) is 15.5 Å². The number of imide groups is 1. The fourth-order valence-electron chi connectivity index (χ4n) is 4.06. The molecule has 7 nitrogen and oxygen atoms in total. The Bertz CT molecular complexity index is 943. The highest BCUT2D eigenvalue weighted by Gasteiger charge is 2.47. The monoisotopic (exact) mass is 426 g/mol. The summed E-state index contributed by atoms with van der Waals surface area (Å²) in [7, 11) is 0. The molecule has 2 heterocycles. The smallest absolute Gasteiger partial charge is 0.322 e. The summed E-state index contributed by atoms with van der Waals surface area (Å²) < 4.78 is 0. The Balaban J connectivity index is 1.38. The van der Waals surface area contributed by atoms with Gasteiger partial charge in [-0.3, -0.25) is 14.9 Å². The van der Waals surface area contributed by atoms with Crippen molar-refractivity contribution in [2.75, 3.05) is 31.1 Å². The van der Waals surface area contributed by atoms with Gasteiger partial charge in [-0.2, -0.15) is 0 Å². The van der Waals surface area contributed by atoms with Crippen LogP contribution < -0.4 is 15.5 Å². The number of carbonyl (C=O) groups is 3. The third-order valence-corrected chi connectivity index (χ3v) is 6.00. The topological polar surface area (TPSA) is 81.8 Å². The lowest BCUT2D eigenvalue weighted by atomic mass is 9.85. The molecule has 0 aliphatic carbocycles. The summed E-state index contributed by atoms with van der Waals surface area (Å²) in [5.74, 6) is -0.436. The van der Waals surface area contributed by atoms with Gasteiger partial charge in [0.2, 0.25) is 5.91 Å². The largest absolute Gasteiger partial charge is 0.368 e. The van der Waals surface area contributed by atoms with E-state index in [1.165, 1.54) is 0 Å². The summed E-state index contributed by atoms with van der Waals surface area (Å²) in [6.45, 7) is 2.68. The first-order chi connectivity index (χ1) is 14.5. The number of benzene rings is 2. The average Bonchev–Trinajstić information content (AvgIpc) is 3.07. The zero-order valence-corrected chi connectivity index (χ0v) is 17.2. The third kappa shape index (κ3) is 3.98. The molecule has 2 aromatic carbocycles. The standard InChI is InChI=1S/C22H23ClN4O3/c23-17-6-8-18(9-7-17)26-12-14-27(15-13-26)19(28)10-11-22(16-4-2-1-3-5-16)20(29)24-21(30)25-22/h1-9H,10-15H2,(H2,24,25,29,30)/t22-/m1/s1. The fourth-order valence-corrected chi connectivity index (χ4v) is 4.18. The van der Waals surface area contributed by atoms with E-state index in [1.54, 1.807) is 12.1 Å². The fraction of sp³-hybridized carbons (Fsp3) is 0.318. The first-order valence-electron chi connectivity index (χ1n) is 9.95. The van der Waals surface area contributed by atoms with Gasteiger partial charge in [-0.25, -0.2) is 4.79 Å². The summed E-state index contributed by atoms with van der Waals surface area (Å²) >= 11 is 5.95. The molecule has 4 amide bonds. The van der Waals surface area contributed by atoms with Crippen LogP contribution in [0.1, 0.15) is 18.4 Å². The Kier molecular flexibility index (Phi) is 5.63. The number of piperazine rings is 1. The molecule has 2 aliphatic rings. The van der Waals surface area contributed by atoms with Gasteiger partial charge in [0, 0.05) is 43.3 Å². The van der Waals surface area contributed by atoms with E-state index in [0.717, 1.165) is 18.8 Å². The molecule has 8 heteroatoms. The molecule has 1 atom stereocenters. The average molecular weight is 427 g/mol. The molecule has 2 N–H and O–H groups in total. The van der Waals surface area contributed by atoms with Gasteiger partial charge >= 0.3 is 6.03 Å². The van der Waals surface area contributed by atoms with E-state index in [9.17, 15) is 14.4 Å². The zero-order valence-electron chi connectivity index (χ0n) is 16.4. The number of hydrogen-bond donors (Lipinski definition) is 2. The predicted molar refractivity (Wildman–Crippen MR) is 114 cm³/mol. The lowest BCUT2D eigenvalue weighted by Gasteiger charge is -2.36. The van der Waals surface area contributed by atoms with Gasteiger partial charge in [-0.1, -0.05) is 41.9 Å². The van der Waals surface area contributed by atoms with Crippen molar-refractivity contribution in [2.45, 2.75) is 18.4 Å². The number of carbonyl (C=O) groups excluding carboxylic acids is 3. The molecule has 2 aliphatic heterocycles. The maximum atomic E-state index is 12.8. The van der Waals surface area contributed by atoms with Crippen molar-refractivity contribution in [2.24, 2.45) is 0 Å². The number of nitrogens with zero attached hydrogens (tertiary/aromatic N) is 2. The summed E-state index contributed by atoms with van der Waals surface area (Å²) in [4.78, 5) is 41.3. The van der Waals surface area contributed by atoms with Crippen LogP contribution >= 0.6 is 11.6 Å². The zero-order chi connectivity index (χ0) is 21.1. The summed E-state index contributed by atoms with van der Waals surface area (Å²) in [6.07, 6.45) is 0.383. The quantitative estimate of drug-likeness (QED) is 0.720. The van der Waals surface area contributed by atoms with Crippen molar-refractivity contribution in [3.8, 4) is 0 Å². The molecule has 2 aromatic rings. The van der Waals surface area contributed by atoms with Crippen LogP contribution in [0.5, 0.6) is 0 Å². The van der Waals surface area contributed by atoms with Crippen LogP contribution in [-0.4, -0.2) is 48.9 Å². The first kappa shape index (κ1) is 20.2. The highest BCUT2D eigenvalue weighted by Crippen LogP contribution is 2.30. The Hall–Kier alpha value is -3.06. The van der Waals surface area contributed by atoms with E-state index in [0.29, 0.717) is 23.7 Å². The Morgan fingerprint density at radius 1 is 0.967 bits per heavy atom. The van der Waals surface area contributed by atoms with Gasteiger partial charge in [0.1, 0.15) is 5.54 Å². The van der Waals surface area contributed by atoms with Gasteiger partial charge in [0.25, 0.3) is 5.91 Å². The first-order valence-corrected chi connectivity index (χ1v) is 10.3. The van der Waals surface area contributed by atoms with Crippen LogP contribution in [0.15, 0.2) is 54.6 Å². The third-order valence-electron chi connectivity index (χ3n) is 5.75. The SMILES string of the molecule is O=C1NC(=O)[C@@](CCC(=O)N2CCN(c3ccc(Cl)cc3)CC2)(c2ccccc2)N1. The van der Waals surface area contributed by atoms with Crippen LogP contribution in [0, 0.1) is 0 Å². The van der Waals surface area contributed by atoms with E-state index in [1.807, 2.05) is 47.4 Å². The van der Waals surface area contributed by atoms with E-state index < -0.39 is 17.5 Å². The number of halogens is 1. The molecule has 2 saturated heterocycles. The minimum absolute atomic E-state index is 0.0185. The molecule has 0 radical (unpaired) electrons. The minimum atomic E-state index is -1.21.